The molecule has 1 unspecified atom stereocenters. The third kappa shape index (κ3) is 2.78. The van der Waals surface area contributed by atoms with E-state index >= 15 is 0 Å². The Labute approximate surface area is 89.2 Å². The molecule has 84 valence electrons. The van der Waals surface area contributed by atoms with Gasteiger partial charge in [-0.2, -0.15) is 0 Å². The Morgan fingerprint density at radius 2 is 2.13 bits per heavy atom. The van der Waals surface area contributed by atoms with Crippen LogP contribution in [0.4, 0.5) is 0 Å². The third-order valence-corrected chi connectivity index (χ3v) is 2.39. The number of rotatable bonds is 4. The van der Waals surface area contributed by atoms with Gasteiger partial charge in [0.1, 0.15) is 5.82 Å². The zero-order valence-electron chi connectivity index (χ0n) is 9.57. The lowest BCUT2D eigenvalue weighted by Gasteiger charge is -2.10. The molecule has 15 heavy (non-hydrogen) atoms. The Kier molecular flexibility index (Phi) is 3.82. The molecule has 5 heteroatoms. The number of carbonyl (C=O) groups excluding carboxylic acids is 1. The lowest BCUT2D eigenvalue weighted by atomic mass is 9.98. The van der Waals surface area contributed by atoms with Gasteiger partial charge in [0.05, 0.1) is 6.61 Å². The van der Waals surface area contributed by atoms with Crippen LogP contribution in [0.15, 0.2) is 0 Å². The Hall–Kier alpha value is -1.39. The van der Waals surface area contributed by atoms with Crippen molar-refractivity contribution in [2.75, 3.05) is 6.61 Å². The van der Waals surface area contributed by atoms with Gasteiger partial charge in [0.15, 0.2) is 0 Å². The first kappa shape index (κ1) is 11.7. The maximum absolute atomic E-state index is 11.3. The maximum atomic E-state index is 11.3. The van der Waals surface area contributed by atoms with Gasteiger partial charge in [0, 0.05) is 5.92 Å². The van der Waals surface area contributed by atoms with Gasteiger partial charge in [-0.15, -0.1) is 5.10 Å². The number of hydrogen-bond donors (Lipinski definition) is 1. The van der Waals surface area contributed by atoms with Crippen LogP contribution in [0.3, 0.4) is 0 Å². The van der Waals surface area contributed by atoms with Crippen molar-refractivity contribution in [2.45, 2.75) is 33.6 Å². The Morgan fingerprint density at radius 3 is 2.67 bits per heavy atom. The van der Waals surface area contributed by atoms with Gasteiger partial charge < -0.3 is 4.74 Å². The SMILES string of the molecule is CCOC(=O)c1n[nH]c(C(C)C(C)C)n1. The lowest BCUT2D eigenvalue weighted by Crippen LogP contribution is -2.08. The first-order chi connectivity index (χ1) is 7.06. The summed E-state index contributed by atoms with van der Waals surface area (Å²) in [6, 6.07) is 0. The largest absolute Gasteiger partial charge is 0.460 e. The van der Waals surface area contributed by atoms with Crippen LogP contribution in [0.1, 0.15) is 50.1 Å². The van der Waals surface area contributed by atoms with E-state index in [1.807, 2.05) is 6.92 Å². The van der Waals surface area contributed by atoms with Crippen molar-refractivity contribution in [3.63, 3.8) is 0 Å². The fourth-order valence-electron chi connectivity index (χ4n) is 1.08. The zero-order chi connectivity index (χ0) is 11.4. The Balaban J connectivity index is 2.76. The monoisotopic (exact) mass is 211 g/mol. The van der Waals surface area contributed by atoms with E-state index in [1.54, 1.807) is 6.92 Å². The Morgan fingerprint density at radius 1 is 1.47 bits per heavy atom. The molecule has 0 radical (unpaired) electrons. The van der Waals surface area contributed by atoms with Gasteiger partial charge in [-0.05, 0) is 12.8 Å². The summed E-state index contributed by atoms with van der Waals surface area (Å²) in [6.07, 6.45) is 0. The lowest BCUT2D eigenvalue weighted by molar-refractivity contribution is 0.0512. The highest BCUT2D eigenvalue weighted by molar-refractivity contribution is 5.84. The molecule has 0 fully saturated rings. The maximum Gasteiger partial charge on any atom is 0.378 e. The molecule has 0 spiro atoms. The van der Waals surface area contributed by atoms with E-state index in [0.717, 1.165) is 5.82 Å². The van der Waals surface area contributed by atoms with E-state index in [4.69, 9.17) is 4.74 Å². The van der Waals surface area contributed by atoms with Crippen molar-refractivity contribution < 1.29 is 9.53 Å². The summed E-state index contributed by atoms with van der Waals surface area (Å²) in [6.45, 7) is 8.32. The highest BCUT2D eigenvalue weighted by atomic mass is 16.5. The van der Waals surface area contributed by atoms with Crippen molar-refractivity contribution in [1.29, 1.82) is 0 Å². The number of hydrogen-bond acceptors (Lipinski definition) is 4. The first-order valence-corrected chi connectivity index (χ1v) is 5.15. The predicted molar refractivity (Wildman–Crippen MR) is 55.6 cm³/mol. The molecule has 0 saturated heterocycles. The standard InChI is InChI=1S/C10H17N3O2/c1-5-15-10(14)9-11-8(12-13-9)7(4)6(2)3/h6-7H,5H2,1-4H3,(H,11,12,13). The summed E-state index contributed by atoms with van der Waals surface area (Å²) in [7, 11) is 0. The quantitative estimate of drug-likeness (QED) is 0.770. The van der Waals surface area contributed by atoms with E-state index in [9.17, 15) is 4.79 Å². The summed E-state index contributed by atoms with van der Waals surface area (Å²) in [5.41, 5.74) is 0. The predicted octanol–water partition coefficient (Wildman–Crippen LogP) is 1.74. The van der Waals surface area contributed by atoms with Crippen LogP contribution in [0, 0.1) is 5.92 Å². The molecular weight excluding hydrogens is 194 g/mol. The molecule has 0 amide bonds. The second-order valence-corrected chi connectivity index (χ2v) is 3.80. The summed E-state index contributed by atoms with van der Waals surface area (Å²) in [4.78, 5) is 15.4. The number of H-pyrrole nitrogens is 1. The van der Waals surface area contributed by atoms with Gasteiger partial charge in [0.2, 0.25) is 0 Å². The summed E-state index contributed by atoms with van der Waals surface area (Å²) >= 11 is 0. The smallest absolute Gasteiger partial charge is 0.378 e. The number of esters is 1. The zero-order valence-corrected chi connectivity index (χ0v) is 9.57. The molecule has 0 aliphatic rings. The normalized spacial score (nSPS) is 12.9. The van der Waals surface area contributed by atoms with Gasteiger partial charge in [-0.25, -0.2) is 9.78 Å². The molecule has 1 heterocycles. The van der Waals surface area contributed by atoms with Crippen molar-refractivity contribution >= 4 is 5.97 Å². The molecule has 1 atom stereocenters. The molecule has 0 bridgehead atoms. The average Bonchev–Trinajstić information content (AvgIpc) is 2.65. The number of ether oxygens (including phenoxy) is 1. The van der Waals surface area contributed by atoms with Gasteiger partial charge in [-0.1, -0.05) is 20.8 Å². The number of aromatic nitrogens is 3. The molecular formula is C10H17N3O2. The number of carbonyl (C=O) groups is 1. The third-order valence-electron chi connectivity index (χ3n) is 2.39. The van der Waals surface area contributed by atoms with Gasteiger partial charge >= 0.3 is 5.97 Å². The molecule has 0 saturated carbocycles. The van der Waals surface area contributed by atoms with Crippen LogP contribution in [0.5, 0.6) is 0 Å². The minimum Gasteiger partial charge on any atom is -0.460 e. The fourth-order valence-corrected chi connectivity index (χ4v) is 1.08. The van der Waals surface area contributed by atoms with Crippen LogP contribution in [0.25, 0.3) is 0 Å². The van der Waals surface area contributed by atoms with Crippen LogP contribution in [0.2, 0.25) is 0 Å². The summed E-state index contributed by atoms with van der Waals surface area (Å²) in [5.74, 6) is 1.07. The summed E-state index contributed by atoms with van der Waals surface area (Å²) in [5, 5.41) is 6.59. The molecule has 0 aliphatic carbocycles. The van der Waals surface area contributed by atoms with E-state index in [-0.39, 0.29) is 11.7 Å². The Bertz CT molecular complexity index is 333. The topological polar surface area (TPSA) is 67.9 Å². The average molecular weight is 211 g/mol. The number of nitrogens with zero attached hydrogens (tertiary/aromatic N) is 2. The minimum absolute atomic E-state index is 0.111. The highest BCUT2D eigenvalue weighted by Gasteiger charge is 2.18. The summed E-state index contributed by atoms with van der Waals surface area (Å²) < 4.78 is 4.80. The molecule has 1 rings (SSSR count). The molecule has 0 aliphatic heterocycles. The van der Waals surface area contributed by atoms with Crippen LogP contribution >= 0.6 is 0 Å². The molecule has 1 aromatic heterocycles. The molecule has 5 nitrogen and oxygen atoms in total. The van der Waals surface area contributed by atoms with E-state index < -0.39 is 5.97 Å². The highest BCUT2D eigenvalue weighted by Crippen LogP contribution is 2.19. The fraction of sp³-hybridized carbons (Fsp3) is 0.700. The second-order valence-electron chi connectivity index (χ2n) is 3.80. The van der Waals surface area contributed by atoms with Crippen molar-refractivity contribution in [2.24, 2.45) is 5.92 Å². The van der Waals surface area contributed by atoms with Crippen molar-refractivity contribution in [3.8, 4) is 0 Å². The van der Waals surface area contributed by atoms with Gasteiger partial charge in [-0.3, -0.25) is 5.10 Å². The van der Waals surface area contributed by atoms with Crippen LogP contribution in [-0.2, 0) is 4.74 Å². The van der Waals surface area contributed by atoms with Crippen molar-refractivity contribution in [3.05, 3.63) is 11.6 Å². The number of aromatic amines is 1. The van der Waals surface area contributed by atoms with Crippen LogP contribution < -0.4 is 0 Å². The molecule has 1 aromatic rings. The van der Waals surface area contributed by atoms with Crippen molar-refractivity contribution in [1.82, 2.24) is 15.2 Å². The second kappa shape index (κ2) is 4.91. The molecule has 0 aromatic carbocycles. The molecule has 1 N–H and O–H groups in total. The van der Waals surface area contributed by atoms with E-state index in [2.05, 4.69) is 29.0 Å². The van der Waals surface area contributed by atoms with E-state index in [1.165, 1.54) is 0 Å². The van der Waals surface area contributed by atoms with Gasteiger partial charge in [0.25, 0.3) is 5.82 Å². The number of nitrogens with one attached hydrogen (secondary N) is 1. The van der Waals surface area contributed by atoms with E-state index in [0.29, 0.717) is 12.5 Å². The first-order valence-electron chi connectivity index (χ1n) is 5.15. The minimum atomic E-state index is -0.476. The van der Waals surface area contributed by atoms with Crippen LogP contribution in [-0.4, -0.2) is 27.8 Å².